The number of nitrogens with one attached hydrogen (secondary N) is 1. The molecule has 7 heteroatoms. The van der Waals surface area contributed by atoms with Gasteiger partial charge in [0.2, 0.25) is 0 Å². The molecule has 2 N–H and O–H groups in total. The first-order valence-corrected chi connectivity index (χ1v) is 7.84. The van der Waals surface area contributed by atoms with Gasteiger partial charge in [-0.25, -0.2) is 4.98 Å². The Labute approximate surface area is 144 Å². The van der Waals surface area contributed by atoms with Crippen molar-refractivity contribution in [1.82, 2.24) is 20.1 Å². The number of benzene rings is 1. The lowest BCUT2D eigenvalue weighted by Gasteiger charge is -2.17. The first kappa shape index (κ1) is 16.4. The number of nitrogens with zero attached hydrogens (tertiary/aromatic N) is 3. The molecule has 0 spiro atoms. The molecule has 0 fully saturated rings. The van der Waals surface area contributed by atoms with Gasteiger partial charge in [0.25, 0.3) is 5.91 Å². The van der Waals surface area contributed by atoms with Crippen LogP contribution in [-0.2, 0) is 7.05 Å². The molecule has 0 saturated carbocycles. The smallest absolute Gasteiger partial charge is 0.253 e. The zero-order valence-corrected chi connectivity index (χ0v) is 14.1. The molecule has 2 heterocycles. The third-order valence-corrected chi connectivity index (χ3v) is 4.14. The van der Waals surface area contributed by atoms with E-state index in [-0.39, 0.29) is 12.5 Å². The molecule has 0 saturated heterocycles. The van der Waals surface area contributed by atoms with Gasteiger partial charge in [0.05, 0.1) is 23.9 Å². The second-order valence-corrected chi connectivity index (χ2v) is 6.00. The largest absolute Gasteiger partial charge is 0.394 e. The highest BCUT2D eigenvalue weighted by Crippen LogP contribution is 2.19. The van der Waals surface area contributed by atoms with Gasteiger partial charge in [-0.2, -0.15) is 5.10 Å². The zero-order valence-electron chi connectivity index (χ0n) is 13.3. The Bertz CT molecular complexity index is 889. The summed E-state index contributed by atoms with van der Waals surface area (Å²) in [7, 11) is 1.81. The molecule has 0 aliphatic rings. The molecule has 6 nitrogen and oxygen atoms in total. The second-order valence-electron chi connectivity index (χ2n) is 5.56. The Morgan fingerprint density at radius 3 is 2.75 bits per heavy atom. The molecule has 1 amide bonds. The lowest BCUT2D eigenvalue weighted by atomic mass is 10.1. The Morgan fingerprint density at radius 1 is 1.38 bits per heavy atom. The van der Waals surface area contributed by atoms with E-state index < -0.39 is 6.04 Å². The van der Waals surface area contributed by atoms with Crippen molar-refractivity contribution in [3.05, 3.63) is 58.4 Å². The van der Waals surface area contributed by atoms with Crippen molar-refractivity contribution in [3.8, 4) is 0 Å². The van der Waals surface area contributed by atoms with Gasteiger partial charge in [-0.1, -0.05) is 23.7 Å². The lowest BCUT2D eigenvalue weighted by molar-refractivity contribution is 0.0916. The van der Waals surface area contributed by atoms with Gasteiger partial charge in [-0.15, -0.1) is 0 Å². The molecule has 0 aliphatic carbocycles. The summed E-state index contributed by atoms with van der Waals surface area (Å²) in [4.78, 5) is 16.8. The Balaban J connectivity index is 1.85. The van der Waals surface area contributed by atoms with Crippen LogP contribution in [0.4, 0.5) is 0 Å². The van der Waals surface area contributed by atoms with Crippen LogP contribution in [0.25, 0.3) is 11.0 Å². The predicted octanol–water partition coefficient (Wildman–Crippen LogP) is 2.39. The minimum atomic E-state index is -0.513. The predicted molar refractivity (Wildman–Crippen MR) is 92.0 cm³/mol. The first-order chi connectivity index (χ1) is 11.5. The number of pyridine rings is 1. The number of aliphatic hydroxyl groups is 1. The number of halogens is 1. The molecule has 0 aliphatic heterocycles. The van der Waals surface area contributed by atoms with Crippen LogP contribution in [0.15, 0.2) is 36.5 Å². The second kappa shape index (κ2) is 6.59. The third-order valence-electron chi connectivity index (χ3n) is 3.89. The standard InChI is InChI=1S/C17H17ClN4O2/c1-10-14-7-12(8-19-16(14)22(2)21-10)17(24)20-15(9-23)11-3-5-13(18)6-4-11/h3-8,15,23H,9H2,1-2H3,(H,20,24). The number of carbonyl (C=O) groups is 1. The molecule has 1 atom stereocenters. The van der Waals surface area contributed by atoms with E-state index in [4.69, 9.17) is 11.6 Å². The van der Waals surface area contributed by atoms with Crippen molar-refractivity contribution >= 4 is 28.5 Å². The van der Waals surface area contributed by atoms with Crippen LogP contribution >= 0.6 is 11.6 Å². The van der Waals surface area contributed by atoms with E-state index >= 15 is 0 Å². The van der Waals surface area contributed by atoms with Crippen molar-refractivity contribution in [1.29, 1.82) is 0 Å². The van der Waals surface area contributed by atoms with E-state index in [1.807, 2.05) is 14.0 Å². The fraction of sp³-hybridized carbons (Fsp3) is 0.235. The van der Waals surface area contributed by atoms with Crippen molar-refractivity contribution in [3.63, 3.8) is 0 Å². The van der Waals surface area contributed by atoms with Crippen molar-refractivity contribution < 1.29 is 9.90 Å². The highest BCUT2D eigenvalue weighted by atomic mass is 35.5. The van der Waals surface area contributed by atoms with E-state index in [2.05, 4.69) is 15.4 Å². The van der Waals surface area contributed by atoms with Gasteiger partial charge in [0.1, 0.15) is 0 Å². The summed E-state index contributed by atoms with van der Waals surface area (Å²) in [6.45, 7) is 1.66. The molecular weight excluding hydrogens is 328 g/mol. The number of amides is 1. The third kappa shape index (κ3) is 3.11. The van der Waals surface area contributed by atoms with Crippen LogP contribution < -0.4 is 5.32 Å². The summed E-state index contributed by atoms with van der Waals surface area (Å²) in [5.41, 5.74) is 2.74. The van der Waals surface area contributed by atoms with Crippen molar-refractivity contribution in [2.45, 2.75) is 13.0 Å². The van der Waals surface area contributed by atoms with Crippen LogP contribution in [0.1, 0.15) is 27.7 Å². The summed E-state index contributed by atoms with van der Waals surface area (Å²) < 4.78 is 1.68. The number of aryl methyl sites for hydroxylation is 2. The zero-order chi connectivity index (χ0) is 17.3. The number of aliphatic hydroxyl groups excluding tert-OH is 1. The van der Waals surface area contributed by atoms with Gasteiger partial charge in [0, 0.05) is 23.7 Å². The summed E-state index contributed by atoms with van der Waals surface area (Å²) >= 11 is 5.87. The maximum Gasteiger partial charge on any atom is 0.253 e. The van der Waals surface area contributed by atoms with E-state index in [9.17, 15) is 9.90 Å². The van der Waals surface area contributed by atoms with E-state index in [1.54, 1.807) is 35.0 Å². The van der Waals surface area contributed by atoms with Gasteiger partial charge in [-0.3, -0.25) is 9.48 Å². The molecule has 3 rings (SSSR count). The molecule has 3 aromatic rings. The fourth-order valence-corrected chi connectivity index (χ4v) is 2.73. The number of rotatable bonds is 4. The van der Waals surface area contributed by atoms with Gasteiger partial charge in [-0.05, 0) is 30.7 Å². The van der Waals surface area contributed by atoms with Crippen LogP contribution in [0, 0.1) is 6.92 Å². The molecule has 0 radical (unpaired) electrons. The quantitative estimate of drug-likeness (QED) is 0.761. The molecule has 0 bridgehead atoms. The number of hydrogen-bond donors (Lipinski definition) is 2. The Morgan fingerprint density at radius 2 is 2.08 bits per heavy atom. The molecule has 1 unspecified atom stereocenters. The molecule has 24 heavy (non-hydrogen) atoms. The number of aromatic nitrogens is 3. The lowest BCUT2D eigenvalue weighted by Crippen LogP contribution is -2.30. The highest BCUT2D eigenvalue weighted by Gasteiger charge is 2.17. The van der Waals surface area contributed by atoms with Gasteiger partial charge in [0.15, 0.2) is 5.65 Å². The van der Waals surface area contributed by atoms with Gasteiger partial charge >= 0.3 is 0 Å². The minimum absolute atomic E-state index is 0.213. The summed E-state index contributed by atoms with van der Waals surface area (Å²) in [5.74, 6) is -0.304. The van der Waals surface area contributed by atoms with Gasteiger partial charge < -0.3 is 10.4 Å². The van der Waals surface area contributed by atoms with E-state index in [0.717, 1.165) is 22.3 Å². The average molecular weight is 345 g/mol. The SMILES string of the molecule is Cc1nn(C)c2ncc(C(=O)NC(CO)c3ccc(Cl)cc3)cc12. The average Bonchev–Trinajstić information content (AvgIpc) is 2.87. The number of fused-ring (bicyclic) bond motifs is 1. The van der Waals surface area contributed by atoms with E-state index in [1.165, 1.54) is 6.20 Å². The van der Waals surface area contributed by atoms with Crippen molar-refractivity contribution in [2.75, 3.05) is 6.61 Å². The Hall–Kier alpha value is -2.44. The minimum Gasteiger partial charge on any atom is -0.394 e. The van der Waals surface area contributed by atoms with Crippen LogP contribution in [0.3, 0.4) is 0 Å². The molecular formula is C17H17ClN4O2. The van der Waals surface area contributed by atoms with Crippen LogP contribution in [0.2, 0.25) is 5.02 Å². The first-order valence-electron chi connectivity index (χ1n) is 7.46. The van der Waals surface area contributed by atoms with Crippen molar-refractivity contribution in [2.24, 2.45) is 7.05 Å². The van der Waals surface area contributed by atoms with Crippen LogP contribution in [0.5, 0.6) is 0 Å². The molecule has 124 valence electrons. The normalized spacial score (nSPS) is 12.3. The fourth-order valence-electron chi connectivity index (χ4n) is 2.60. The van der Waals surface area contributed by atoms with E-state index in [0.29, 0.717) is 10.6 Å². The monoisotopic (exact) mass is 344 g/mol. The maximum atomic E-state index is 12.5. The molecule has 2 aromatic heterocycles. The topological polar surface area (TPSA) is 80.0 Å². The number of carbonyl (C=O) groups excluding carboxylic acids is 1. The summed E-state index contributed by atoms with van der Waals surface area (Å²) in [5, 5.41) is 18.1. The van der Waals surface area contributed by atoms with Crippen LogP contribution in [-0.4, -0.2) is 32.4 Å². The Kier molecular flexibility index (Phi) is 4.51. The number of hydrogen-bond acceptors (Lipinski definition) is 4. The maximum absolute atomic E-state index is 12.5. The summed E-state index contributed by atoms with van der Waals surface area (Å²) in [6, 6.07) is 8.24. The highest BCUT2D eigenvalue weighted by molar-refractivity contribution is 6.30. The summed E-state index contributed by atoms with van der Waals surface area (Å²) in [6.07, 6.45) is 1.51. The molecule has 1 aromatic carbocycles.